The number of fused-ring (bicyclic) bond motifs is 1. The molecule has 1 spiro atoms. The van der Waals surface area contributed by atoms with Gasteiger partial charge >= 0.3 is 0 Å². The number of nitrogens with two attached hydrogens (primary N) is 1. The first kappa shape index (κ1) is 10.5. The van der Waals surface area contributed by atoms with E-state index in [1.54, 1.807) is 6.08 Å². The van der Waals surface area contributed by atoms with Crippen molar-refractivity contribution in [2.45, 2.75) is 5.54 Å². The molecule has 19 heavy (non-hydrogen) atoms. The molecule has 2 heterocycles. The Labute approximate surface area is 109 Å². The van der Waals surface area contributed by atoms with Gasteiger partial charge in [-0.1, -0.05) is 18.2 Å². The zero-order chi connectivity index (χ0) is 13.0. The van der Waals surface area contributed by atoms with Crippen LogP contribution in [0.2, 0.25) is 0 Å². The molecular formula is C14H12N4O. The summed E-state index contributed by atoms with van der Waals surface area (Å²) in [5.74, 6) is -0.432. The van der Waals surface area contributed by atoms with Gasteiger partial charge in [0.25, 0.3) is 5.91 Å². The Morgan fingerprint density at radius 2 is 2.16 bits per heavy atom. The molecule has 94 valence electrons. The van der Waals surface area contributed by atoms with Gasteiger partial charge in [0, 0.05) is 11.3 Å². The van der Waals surface area contributed by atoms with Crippen LogP contribution in [0.1, 0.15) is 5.56 Å². The van der Waals surface area contributed by atoms with Gasteiger partial charge in [-0.25, -0.2) is 0 Å². The van der Waals surface area contributed by atoms with Gasteiger partial charge in [-0.3, -0.25) is 15.1 Å². The van der Waals surface area contributed by atoms with Gasteiger partial charge in [-0.2, -0.15) is 0 Å². The largest absolute Gasteiger partial charge is 0.366 e. The Morgan fingerprint density at radius 3 is 3.00 bits per heavy atom. The maximum Gasteiger partial charge on any atom is 0.250 e. The van der Waals surface area contributed by atoms with Crippen molar-refractivity contribution in [3.05, 3.63) is 53.3 Å². The van der Waals surface area contributed by atoms with Crippen molar-refractivity contribution >= 4 is 17.3 Å². The number of para-hydroxylation sites is 1. The van der Waals surface area contributed by atoms with Crippen LogP contribution in [0.5, 0.6) is 0 Å². The molecule has 1 unspecified atom stereocenters. The second-order valence-corrected chi connectivity index (χ2v) is 4.79. The topological polar surface area (TPSA) is 79.5 Å². The first-order valence-electron chi connectivity index (χ1n) is 6.12. The third-order valence-electron chi connectivity index (χ3n) is 3.89. The van der Waals surface area contributed by atoms with E-state index in [4.69, 9.17) is 5.73 Å². The maximum absolute atomic E-state index is 11.6. The van der Waals surface area contributed by atoms with Crippen LogP contribution < -0.4 is 16.4 Å². The summed E-state index contributed by atoms with van der Waals surface area (Å²) in [4.78, 5) is 16.1. The summed E-state index contributed by atoms with van der Waals surface area (Å²) in [6.45, 7) is 0.533. The van der Waals surface area contributed by atoms with Crippen LogP contribution >= 0.6 is 0 Å². The minimum absolute atomic E-state index is 0.432. The second-order valence-electron chi connectivity index (χ2n) is 4.79. The lowest BCUT2D eigenvalue weighted by atomic mass is 9.80. The summed E-state index contributed by atoms with van der Waals surface area (Å²) in [6, 6.07) is 7.98. The molecule has 0 saturated carbocycles. The van der Waals surface area contributed by atoms with Crippen LogP contribution in [0.25, 0.3) is 0 Å². The van der Waals surface area contributed by atoms with E-state index in [0.29, 0.717) is 12.2 Å². The lowest BCUT2D eigenvalue weighted by Gasteiger charge is -2.30. The molecule has 0 aromatic heterocycles. The van der Waals surface area contributed by atoms with Crippen molar-refractivity contribution < 1.29 is 4.79 Å². The molecule has 4 N–H and O–H groups in total. The Hall–Kier alpha value is -2.40. The van der Waals surface area contributed by atoms with Crippen molar-refractivity contribution in [3.63, 3.8) is 0 Å². The highest BCUT2D eigenvalue weighted by Gasteiger charge is 2.51. The highest BCUT2D eigenvalue weighted by atomic mass is 16.1. The SMILES string of the molecule is NC(=O)C1=C2Nc3ccccc3C23NCN=C3C=C1. The van der Waals surface area contributed by atoms with Crippen molar-refractivity contribution in [2.24, 2.45) is 10.7 Å². The first-order valence-corrected chi connectivity index (χ1v) is 6.12. The number of carbonyl (C=O) groups is 1. The monoisotopic (exact) mass is 252 g/mol. The van der Waals surface area contributed by atoms with Gasteiger partial charge in [0.1, 0.15) is 5.54 Å². The van der Waals surface area contributed by atoms with Crippen LogP contribution in [0.4, 0.5) is 5.69 Å². The summed E-state index contributed by atoms with van der Waals surface area (Å²) < 4.78 is 0. The van der Waals surface area contributed by atoms with E-state index in [1.807, 2.05) is 30.3 Å². The van der Waals surface area contributed by atoms with Crippen molar-refractivity contribution in [3.8, 4) is 0 Å². The minimum Gasteiger partial charge on any atom is -0.366 e. The highest BCUT2D eigenvalue weighted by molar-refractivity contribution is 6.15. The van der Waals surface area contributed by atoms with Crippen LogP contribution in [0, 0.1) is 0 Å². The second kappa shape index (κ2) is 3.33. The van der Waals surface area contributed by atoms with E-state index in [0.717, 1.165) is 22.7 Å². The number of hydrogen-bond acceptors (Lipinski definition) is 4. The van der Waals surface area contributed by atoms with Crippen molar-refractivity contribution in [1.29, 1.82) is 0 Å². The molecule has 1 amide bonds. The summed E-state index contributed by atoms with van der Waals surface area (Å²) >= 11 is 0. The normalized spacial score (nSPS) is 26.4. The molecule has 0 bridgehead atoms. The number of nitrogens with one attached hydrogen (secondary N) is 2. The average Bonchev–Trinajstić information content (AvgIpc) is 2.97. The van der Waals surface area contributed by atoms with E-state index in [2.05, 4.69) is 15.6 Å². The summed E-state index contributed by atoms with van der Waals surface area (Å²) in [5, 5.41) is 6.71. The van der Waals surface area contributed by atoms with Gasteiger partial charge in [-0.05, 0) is 18.2 Å². The molecule has 1 aliphatic carbocycles. The number of anilines is 1. The predicted molar refractivity (Wildman–Crippen MR) is 72.5 cm³/mol. The van der Waals surface area contributed by atoms with Gasteiger partial charge in [0.2, 0.25) is 0 Å². The zero-order valence-corrected chi connectivity index (χ0v) is 10.1. The molecule has 3 aliphatic rings. The molecule has 4 rings (SSSR count). The molecule has 0 saturated heterocycles. The number of nitrogens with zero attached hydrogens (tertiary/aromatic N) is 1. The van der Waals surface area contributed by atoms with E-state index in [9.17, 15) is 4.79 Å². The predicted octanol–water partition coefficient (Wildman–Crippen LogP) is 0.618. The number of rotatable bonds is 1. The lowest BCUT2D eigenvalue weighted by Crippen LogP contribution is -2.46. The molecule has 0 fully saturated rings. The average molecular weight is 252 g/mol. The number of carbonyl (C=O) groups excluding carboxylic acids is 1. The van der Waals surface area contributed by atoms with Crippen molar-refractivity contribution in [1.82, 2.24) is 5.32 Å². The molecule has 1 aromatic carbocycles. The Balaban J connectivity index is 2.06. The Kier molecular flexibility index (Phi) is 1.84. The third kappa shape index (κ3) is 1.13. The molecular weight excluding hydrogens is 240 g/mol. The van der Waals surface area contributed by atoms with E-state index in [1.165, 1.54) is 0 Å². The van der Waals surface area contributed by atoms with Crippen LogP contribution in [-0.2, 0) is 10.3 Å². The number of amides is 1. The third-order valence-corrected chi connectivity index (χ3v) is 3.89. The van der Waals surface area contributed by atoms with E-state index < -0.39 is 11.4 Å². The number of primary amides is 1. The molecule has 0 radical (unpaired) electrons. The van der Waals surface area contributed by atoms with Crippen molar-refractivity contribution in [2.75, 3.05) is 12.0 Å². The van der Waals surface area contributed by atoms with Gasteiger partial charge in [0.15, 0.2) is 0 Å². The van der Waals surface area contributed by atoms with Gasteiger partial charge in [-0.15, -0.1) is 0 Å². The molecule has 1 atom stereocenters. The summed E-state index contributed by atoms with van der Waals surface area (Å²) in [6.07, 6.45) is 3.61. The summed E-state index contributed by atoms with van der Waals surface area (Å²) in [5.41, 5.74) is 9.24. The highest BCUT2D eigenvalue weighted by Crippen LogP contribution is 2.47. The van der Waals surface area contributed by atoms with Crippen LogP contribution in [0.3, 0.4) is 0 Å². The van der Waals surface area contributed by atoms with Crippen LogP contribution in [0.15, 0.2) is 52.7 Å². The fourth-order valence-electron chi connectivity index (χ4n) is 3.08. The maximum atomic E-state index is 11.6. The fraction of sp³-hybridized carbons (Fsp3) is 0.143. The van der Waals surface area contributed by atoms with Gasteiger partial charge < -0.3 is 11.1 Å². The number of hydrogen-bond donors (Lipinski definition) is 3. The van der Waals surface area contributed by atoms with E-state index in [-0.39, 0.29) is 0 Å². The molecule has 5 nitrogen and oxygen atoms in total. The quantitative estimate of drug-likeness (QED) is 0.685. The summed E-state index contributed by atoms with van der Waals surface area (Å²) in [7, 11) is 0. The molecule has 5 heteroatoms. The van der Waals surface area contributed by atoms with Gasteiger partial charge in [0.05, 0.1) is 23.7 Å². The smallest absolute Gasteiger partial charge is 0.250 e. The van der Waals surface area contributed by atoms with E-state index >= 15 is 0 Å². The standard InChI is InChI=1S/C14H12N4O/c15-13(19)8-5-6-11-14(17-7-16-11)9-3-1-2-4-10(9)18-12(8)14/h1-6,17-18H,7H2,(H2,15,19). The Bertz CT molecular complexity index is 701. The zero-order valence-electron chi connectivity index (χ0n) is 10.1. The fourth-order valence-corrected chi connectivity index (χ4v) is 3.08. The Morgan fingerprint density at radius 1 is 1.32 bits per heavy atom. The van der Waals surface area contributed by atoms with Crippen LogP contribution in [-0.4, -0.2) is 18.3 Å². The lowest BCUT2D eigenvalue weighted by molar-refractivity contribution is -0.114. The first-order chi connectivity index (χ1) is 9.23. The molecule has 1 aromatic rings. The minimum atomic E-state index is -0.532. The number of benzene rings is 1. The number of aliphatic imine (C=N–C) groups is 1. The molecule has 2 aliphatic heterocycles.